The van der Waals surface area contributed by atoms with Gasteiger partial charge in [0.1, 0.15) is 11.2 Å². The second-order valence-corrected chi connectivity index (χ2v) is 9.06. The molecule has 2 heterocycles. The summed E-state index contributed by atoms with van der Waals surface area (Å²) in [5, 5.41) is 5.09. The monoisotopic (exact) mass is 518 g/mol. The van der Waals surface area contributed by atoms with Gasteiger partial charge in [0.15, 0.2) is 5.65 Å². The molecular weight excluding hydrogens is 500 g/mol. The number of hydrogen-bond acceptors (Lipinski definition) is 3. The minimum absolute atomic E-state index is 0.165. The first-order valence-electron chi connectivity index (χ1n) is 11.2. The Hall–Kier alpha value is -4.29. The van der Waals surface area contributed by atoms with Crippen molar-refractivity contribution in [1.82, 2.24) is 19.3 Å². The lowest BCUT2D eigenvalue weighted by Gasteiger charge is -2.13. The molecule has 0 saturated heterocycles. The second kappa shape index (κ2) is 8.81. The number of benzene rings is 4. The SMILES string of the molecule is O=c1c2cn(-c3ccccc3)nc2nc(-c2ccc(-c3ccccc3)cc2)n1-c1ccc(Br)cc1. The van der Waals surface area contributed by atoms with Gasteiger partial charge in [0, 0.05) is 16.2 Å². The Morgan fingerprint density at radius 2 is 1.23 bits per heavy atom. The van der Waals surface area contributed by atoms with Crippen LogP contribution in [0.2, 0.25) is 0 Å². The third-order valence-electron chi connectivity index (χ3n) is 5.91. The van der Waals surface area contributed by atoms with Crippen LogP contribution in [0.1, 0.15) is 0 Å². The first kappa shape index (κ1) is 21.3. The fourth-order valence-electron chi connectivity index (χ4n) is 4.14. The maximum absolute atomic E-state index is 13.8. The zero-order valence-corrected chi connectivity index (χ0v) is 20.1. The number of nitrogens with zero attached hydrogens (tertiary/aromatic N) is 4. The molecule has 0 fully saturated rings. The van der Waals surface area contributed by atoms with Gasteiger partial charge in [-0.3, -0.25) is 9.36 Å². The van der Waals surface area contributed by atoms with Crippen molar-refractivity contribution >= 4 is 27.0 Å². The molecule has 0 aliphatic rings. The van der Waals surface area contributed by atoms with Crippen LogP contribution in [0.5, 0.6) is 0 Å². The minimum Gasteiger partial charge on any atom is -0.268 e. The van der Waals surface area contributed by atoms with E-state index in [0.717, 1.165) is 32.5 Å². The summed E-state index contributed by atoms with van der Waals surface area (Å²) in [7, 11) is 0. The van der Waals surface area contributed by atoms with Gasteiger partial charge >= 0.3 is 0 Å². The van der Waals surface area contributed by atoms with Crippen LogP contribution in [0.4, 0.5) is 0 Å². The van der Waals surface area contributed by atoms with Crippen LogP contribution < -0.4 is 5.56 Å². The smallest absolute Gasteiger partial charge is 0.268 e. The largest absolute Gasteiger partial charge is 0.269 e. The molecule has 0 atom stereocenters. The lowest BCUT2D eigenvalue weighted by molar-refractivity contribution is 0.888. The standard InChI is InChI=1S/C29H19BrN4O/c30-23-15-17-25(18-16-23)34-28(22-13-11-21(12-14-22)20-7-3-1-4-8-20)31-27-26(29(34)35)19-33(32-27)24-9-5-2-6-10-24/h1-19H. The summed E-state index contributed by atoms with van der Waals surface area (Å²) in [6.07, 6.45) is 1.75. The summed E-state index contributed by atoms with van der Waals surface area (Å²) in [6.45, 7) is 0. The molecular formula is C29H19BrN4O. The molecule has 0 spiro atoms. The highest BCUT2D eigenvalue weighted by Crippen LogP contribution is 2.26. The number of fused-ring (bicyclic) bond motifs is 1. The predicted octanol–water partition coefficient (Wildman–Crippen LogP) is 6.67. The third-order valence-corrected chi connectivity index (χ3v) is 6.44. The molecule has 5 nitrogen and oxygen atoms in total. The summed E-state index contributed by atoms with van der Waals surface area (Å²) >= 11 is 3.48. The van der Waals surface area contributed by atoms with Crippen molar-refractivity contribution < 1.29 is 0 Å². The molecule has 0 aliphatic heterocycles. The Morgan fingerprint density at radius 1 is 0.629 bits per heavy atom. The summed E-state index contributed by atoms with van der Waals surface area (Å²) in [6, 6.07) is 35.7. The molecule has 4 aromatic carbocycles. The van der Waals surface area contributed by atoms with Crippen molar-refractivity contribution in [3.8, 4) is 33.9 Å². The van der Waals surface area contributed by atoms with Crippen LogP contribution in [0, 0.1) is 0 Å². The van der Waals surface area contributed by atoms with Gasteiger partial charge in [-0.25, -0.2) is 9.67 Å². The van der Waals surface area contributed by atoms with E-state index in [-0.39, 0.29) is 5.56 Å². The van der Waals surface area contributed by atoms with Gasteiger partial charge in [0.2, 0.25) is 0 Å². The summed E-state index contributed by atoms with van der Waals surface area (Å²) in [4.78, 5) is 18.7. The number of aromatic nitrogens is 4. The maximum Gasteiger partial charge on any atom is 0.269 e. The van der Waals surface area contributed by atoms with Crippen LogP contribution in [0.15, 0.2) is 125 Å². The van der Waals surface area contributed by atoms with E-state index in [0.29, 0.717) is 16.9 Å². The molecule has 0 N–H and O–H groups in total. The van der Waals surface area contributed by atoms with E-state index in [1.807, 2.05) is 84.9 Å². The zero-order chi connectivity index (χ0) is 23.8. The lowest BCUT2D eigenvalue weighted by atomic mass is 10.0. The molecule has 6 rings (SSSR count). The van der Waals surface area contributed by atoms with Crippen molar-refractivity contribution in [1.29, 1.82) is 0 Å². The van der Waals surface area contributed by atoms with E-state index in [1.54, 1.807) is 15.4 Å². The van der Waals surface area contributed by atoms with Gasteiger partial charge in [-0.15, -0.1) is 5.10 Å². The molecule has 0 unspecified atom stereocenters. The van der Waals surface area contributed by atoms with Crippen LogP contribution in [-0.2, 0) is 0 Å². The summed E-state index contributed by atoms with van der Waals surface area (Å²) in [5.74, 6) is 0.544. The average Bonchev–Trinajstić information content (AvgIpc) is 3.35. The Kier molecular flexibility index (Phi) is 5.35. The summed E-state index contributed by atoms with van der Waals surface area (Å²) in [5.41, 5.74) is 4.92. The maximum atomic E-state index is 13.8. The van der Waals surface area contributed by atoms with E-state index in [1.165, 1.54) is 0 Å². The predicted molar refractivity (Wildman–Crippen MR) is 143 cm³/mol. The molecule has 0 radical (unpaired) electrons. The fourth-order valence-corrected chi connectivity index (χ4v) is 4.41. The normalized spacial score (nSPS) is 11.1. The molecule has 2 aromatic heterocycles. The third kappa shape index (κ3) is 3.98. The van der Waals surface area contributed by atoms with Gasteiger partial charge in [0.05, 0.1) is 11.4 Å². The average molecular weight is 519 g/mol. The van der Waals surface area contributed by atoms with Crippen LogP contribution in [0.3, 0.4) is 0 Å². The molecule has 0 bridgehead atoms. The van der Waals surface area contributed by atoms with Crippen LogP contribution in [-0.4, -0.2) is 19.3 Å². The molecule has 0 saturated carbocycles. The Balaban J connectivity index is 1.56. The van der Waals surface area contributed by atoms with Crippen LogP contribution in [0.25, 0.3) is 44.9 Å². The number of halogens is 1. The molecule has 168 valence electrons. The second-order valence-electron chi connectivity index (χ2n) is 8.14. The first-order chi connectivity index (χ1) is 17.2. The highest BCUT2D eigenvalue weighted by atomic mass is 79.9. The number of para-hydroxylation sites is 1. The molecule has 0 aliphatic carbocycles. The molecule has 6 heteroatoms. The van der Waals surface area contributed by atoms with E-state index >= 15 is 0 Å². The van der Waals surface area contributed by atoms with E-state index < -0.39 is 0 Å². The van der Waals surface area contributed by atoms with Crippen molar-refractivity contribution in [2.45, 2.75) is 0 Å². The van der Waals surface area contributed by atoms with Gasteiger partial charge < -0.3 is 0 Å². The van der Waals surface area contributed by atoms with E-state index in [4.69, 9.17) is 4.98 Å². The van der Waals surface area contributed by atoms with Gasteiger partial charge in [-0.1, -0.05) is 88.7 Å². The van der Waals surface area contributed by atoms with Crippen molar-refractivity contribution in [3.05, 3.63) is 130 Å². The molecule has 0 amide bonds. The van der Waals surface area contributed by atoms with Crippen molar-refractivity contribution in [3.63, 3.8) is 0 Å². The Morgan fingerprint density at radius 3 is 1.91 bits per heavy atom. The van der Waals surface area contributed by atoms with Gasteiger partial charge in [-0.2, -0.15) is 0 Å². The highest BCUT2D eigenvalue weighted by molar-refractivity contribution is 9.10. The minimum atomic E-state index is -0.165. The van der Waals surface area contributed by atoms with E-state index in [9.17, 15) is 4.79 Å². The highest BCUT2D eigenvalue weighted by Gasteiger charge is 2.18. The molecule has 35 heavy (non-hydrogen) atoms. The summed E-state index contributed by atoms with van der Waals surface area (Å²) < 4.78 is 4.30. The zero-order valence-electron chi connectivity index (χ0n) is 18.5. The number of hydrogen-bond donors (Lipinski definition) is 0. The lowest BCUT2D eigenvalue weighted by Crippen LogP contribution is -2.21. The van der Waals surface area contributed by atoms with E-state index in [2.05, 4.69) is 45.3 Å². The first-order valence-corrected chi connectivity index (χ1v) is 12.0. The van der Waals surface area contributed by atoms with Gasteiger partial charge in [0.25, 0.3) is 5.56 Å². The fraction of sp³-hybridized carbons (Fsp3) is 0. The van der Waals surface area contributed by atoms with Gasteiger partial charge in [-0.05, 0) is 47.5 Å². The molecule has 6 aromatic rings. The van der Waals surface area contributed by atoms with Crippen molar-refractivity contribution in [2.24, 2.45) is 0 Å². The Labute approximate surface area is 210 Å². The topological polar surface area (TPSA) is 52.7 Å². The van der Waals surface area contributed by atoms with Crippen molar-refractivity contribution in [2.75, 3.05) is 0 Å². The Bertz CT molecular complexity index is 1690. The quantitative estimate of drug-likeness (QED) is 0.262. The van der Waals surface area contributed by atoms with Crippen LogP contribution >= 0.6 is 15.9 Å². The number of rotatable bonds is 4.